The lowest BCUT2D eigenvalue weighted by molar-refractivity contribution is 0.226. The van der Waals surface area contributed by atoms with Gasteiger partial charge < -0.3 is 5.32 Å². The van der Waals surface area contributed by atoms with Crippen molar-refractivity contribution in [2.75, 3.05) is 6.54 Å². The molecule has 0 heterocycles. The van der Waals surface area contributed by atoms with E-state index in [-0.39, 0.29) is 0 Å². The van der Waals surface area contributed by atoms with E-state index in [0.717, 1.165) is 13.0 Å². The topological polar surface area (TPSA) is 12.0 Å². The van der Waals surface area contributed by atoms with E-state index in [0.29, 0.717) is 17.4 Å². The third kappa shape index (κ3) is 4.81. The minimum Gasteiger partial charge on any atom is -0.314 e. The van der Waals surface area contributed by atoms with E-state index in [2.05, 4.69) is 71.1 Å². The molecule has 0 aliphatic carbocycles. The first-order valence-electron chi connectivity index (χ1n) is 7.08. The number of hydrogen-bond donors (Lipinski definition) is 1. The number of hydrogen-bond acceptors (Lipinski definition) is 1. The van der Waals surface area contributed by atoms with E-state index in [4.69, 9.17) is 0 Å². The second kappa shape index (κ2) is 6.38. The van der Waals surface area contributed by atoms with Gasteiger partial charge in [0, 0.05) is 6.04 Å². The predicted molar refractivity (Wildman–Crippen MR) is 81.0 cm³/mol. The molecule has 102 valence electrons. The van der Waals surface area contributed by atoms with Crippen molar-refractivity contribution >= 4 is 0 Å². The van der Waals surface area contributed by atoms with Gasteiger partial charge in [-0.15, -0.1) is 0 Å². The third-order valence-corrected chi connectivity index (χ3v) is 3.72. The SMILES string of the molecule is Cc1ccccc1CC(CNC(C)C)C(C)(C)C. The molecule has 1 nitrogen and oxygen atoms in total. The fourth-order valence-corrected chi connectivity index (χ4v) is 2.17. The lowest BCUT2D eigenvalue weighted by atomic mass is 9.76. The molecular weight excluding hydrogens is 218 g/mol. The summed E-state index contributed by atoms with van der Waals surface area (Å²) >= 11 is 0. The Morgan fingerprint density at radius 3 is 2.22 bits per heavy atom. The Balaban J connectivity index is 2.76. The largest absolute Gasteiger partial charge is 0.314 e. The van der Waals surface area contributed by atoms with E-state index in [1.165, 1.54) is 11.1 Å². The van der Waals surface area contributed by atoms with Crippen molar-refractivity contribution in [2.45, 2.75) is 54.0 Å². The standard InChI is InChI=1S/C17H29N/c1-13(2)18-12-16(17(4,5)6)11-15-10-8-7-9-14(15)3/h7-10,13,16,18H,11-12H2,1-6H3. The van der Waals surface area contributed by atoms with Gasteiger partial charge in [-0.2, -0.15) is 0 Å². The minimum absolute atomic E-state index is 0.337. The first-order chi connectivity index (χ1) is 8.30. The maximum atomic E-state index is 3.59. The zero-order chi connectivity index (χ0) is 13.8. The van der Waals surface area contributed by atoms with Gasteiger partial charge in [-0.25, -0.2) is 0 Å². The van der Waals surface area contributed by atoms with Crippen molar-refractivity contribution < 1.29 is 0 Å². The highest BCUT2D eigenvalue weighted by Gasteiger charge is 2.25. The third-order valence-electron chi connectivity index (χ3n) is 3.72. The van der Waals surface area contributed by atoms with E-state index < -0.39 is 0 Å². The molecule has 1 heteroatoms. The lowest BCUT2D eigenvalue weighted by Gasteiger charge is -2.32. The van der Waals surface area contributed by atoms with Gasteiger partial charge in [-0.1, -0.05) is 58.9 Å². The summed E-state index contributed by atoms with van der Waals surface area (Å²) in [6.45, 7) is 14.8. The van der Waals surface area contributed by atoms with Crippen molar-refractivity contribution in [1.82, 2.24) is 5.32 Å². The summed E-state index contributed by atoms with van der Waals surface area (Å²) in [5.41, 5.74) is 3.24. The van der Waals surface area contributed by atoms with Crippen LogP contribution >= 0.6 is 0 Å². The highest BCUT2D eigenvalue weighted by Crippen LogP contribution is 2.29. The van der Waals surface area contributed by atoms with Gasteiger partial charge in [0.2, 0.25) is 0 Å². The van der Waals surface area contributed by atoms with Crippen molar-refractivity contribution in [3.05, 3.63) is 35.4 Å². The zero-order valence-corrected chi connectivity index (χ0v) is 12.9. The molecule has 0 aliphatic heterocycles. The molecule has 0 fully saturated rings. The Bertz CT molecular complexity index is 360. The highest BCUT2D eigenvalue weighted by molar-refractivity contribution is 5.26. The molecule has 0 saturated carbocycles. The summed E-state index contributed by atoms with van der Waals surface area (Å²) in [4.78, 5) is 0. The molecule has 0 spiro atoms. The Hall–Kier alpha value is -0.820. The first kappa shape index (κ1) is 15.2. The van der Waals surface area contributed by atoms with Crippen molar-refractivity contribution in [3.8, 4) is 0 Å². The lowest BCUT2D eigenvalue weighted by Crippen LogP contribution is -2.36. The molecule has 0 aliphatic rings. The molecule has 0 saturated heterocycles. The smallest absolute Gasteiger partial charge is 0.00104 e. The second-order valence-corrected chi connectivity index (χ2v) is 6.76. The van der Waals surface area contributed by atoms with Crippen LogP contribution in [0.2, 0.25) is 0 Å². The van der Waals surface area contributed by atoms with Crippen LogP contribution in [-0.2, 0) is 6.42 Å². The predicted octanol–water partition coefficient (Wildman–Crippen LogP) is 4.20. The van der Waals surface area contributed by atoms with E-state index in [1.807, 2.05) is 0 Å². The van der Waals surface area contributed by atoms with Crippen LogP contribution in [0, 0.1) is 18.3 Å². The van der Waals surface area contributed by atoms with Crippen LogP contribution in [0.1, 0.15) is 45.7 Å². The second-order valence-electron chi connectivity index (χ2n) is 6.76. The quantitative estimate of drug-likeness (QED) is 0.822. The Labute approximate surface area is 113 Å². The van der Waals surface area contributed by atoms with E-state index in [9.17, 15) is 0 Å². The fraction of sp³-hybridized carbons (Fsp3) is 0.647. The van der Waals surface area contributed by atoms with Crippen LogP contribution in [0.15, 0.2) is 24.3 Å². The molecule has 1 aromatic rings. The summed E-state index contributed by atoms with van der Waals surface area (Å²) in [6, 6.07) is 9.32. The molecule has 1 rings (SSSR count). The molecule has 18 heavy (non-hydrogen) atoms. The maximum Gasteiger partial charge on any atom is 0.00104 e. The average molecular weight is 247 g/mol. The number of benzene rings is 1. The molecule has 1 N–H and O–H groups in total. The molecule has 1 aromatic carbocycles. The summed E-state index contributed by atoms with van der Waals surface area (Å²) in [6.07, 6.45) is 1.16. The number of aryl methyl sites for hydroxylation is 1. The summed E-state index contributed by atoms with van der Waals surface area (Å²) < 4.78 is 0. The van der Waals surface area contributed by atoms with E-state index in [1.54, 1.807) is 0 Å². The van der Waals surface area contributed by atoms with Gasteiger partial charge in [0.1, 0.15) is 0 Å². The van der Waals surface area contributed by atoms with Gasteiger partial charge >= 0.3 is 0 Å². The van der Waals surface area contributed by atoms with Crippen LogP contribution in [-0.4, -0.2) is 12.6 Å². The molecule has 0 bridgehead atoms. The van der Waals surface area contributed by atoms with Crippen molar-refractivity contribution in [1.29, 1.82) is 0 Å². The van der Waals surface area contributed by atoms with Gasteiger partial charge in [0.25, 0.3) is 0 Å². The fourth-order valence-electron chi connectivity index (χ4n) is 2.17. The van der Waals surface area contributed by atoms with Crippen molar-refractivity contribution in [3.63, 3.8) is 0 Å². The average Bonchev–Trinajstić information content (AvgIpc) is 2.24. The zero-order valence-electron chi connectivity index (χ0n) is 12.9. The van der Waals surface area contributed by atoms with Crippen LogP contribution in [0.3, 0.4) is 0 Å². The monoisotopic (exact) mass is 247 g/mol. The first-order valence-corrected chi connectivity index (χ1v) is 7.08. The normalized spacial score (nSPS) is 13.9. The van der Waals surface area contributed by atoms with Gasteiger partial charge in [-0.05, 0) is 42.3 Å². The molecule has 0 aromatic heterocycles. The molecule has 1 atom stereocenters. The highest BCUT2D eigenvalue weighted by atomic mass is 14.9. The van der Waals surface area contributed by atoms with Gasteiger partial charge in [-0.3, -0.25) is 0 Å². The Morgan fingerprint density at radius 1 is 1.11 bits per heavy atom. The van der Waals surface area contributed by atoms with Crippen LogP contribution in [0.25, 0.3) is 0 Å². The number of nitrogens with one attached hydrogen (secondary N) is 1. The Kier molecular flexibility index (Phi) is 5.40. The van der Waals surface area contributed by atoms with Crippen molar-refractivity contribution in [2.24, 2.45) is 11.3 Å². The summed E-state index contributed by atoms with van der Waals surface area (Å²) in [7, 11) is 0. The Morgan fingerprint density at radius 2 is 1.72 bits per heavy atom. The van der Waals surface area contributed by atoms with Gasteiger partial charge in [0.05, 0.1) is 0 Å². The number of rotatable bonds is 5. The summed E-state index contributed by atoms with van der Waals surface area (Å²) in [5.74, 6) is 0.668. The molecule has 0 radical (unpaired) electrons. The molecular formula is C17H29N. The van der Waals surface area contributed by atoms with E-state index >= 15 is 0 Å². The molecule has 1 unspecified atom stereocenters. The summed E-state index contributed by atoms with van der Waals surface area (Å²) in [5, 5.41) is 3.59. The molecule has 0 amide bonds. The maximum absolute atomic E-state index is 3.59. The van der Waals surface area contributed by atoms with Crippen LogP contribution in [0.5, 0.6) is 0 Å². The van der Waals surface area contributed by atoms with Crippen LogP contribution in [0.4, 0.5) is 0 Å². The van der Waals surface area contributed by atoms with Crippen LogP contribution < -0.4 is 5.32 Å². The minimum atomic E-state index is 0.337. The van der Waals surface area contributed by atoms with Gasteiger partial charge in [0.15, 0.2) is 0 Å².